The monoisotopic (exact) mass is 454 g/mol. The molecule has 1 fully saturated rings. The first kappa shape index (κ1) is 23.1. The predicted molar refractivity (Wildman–Crippen MR) is 117 cm³/mol. The molecule has 1 aliphatic heterocycles. The largest absolute Gasteiger partial charge is 0.383 e. The number of imide groups is 1. The van der Waals surface area contributed by atoms with E-state index >= 15 is 0 Å². The molecule has 1 aliphatic carbocycles. The van der Waals surface area contributed by atoms with Gasteiger partial charge in [0.2, 0.25) is 0 Å². The number of benzene rings is 1. The fraction of sp³-hybridized carbons (Fsp3) is 0.545. The van der Waals surface area contributed by atoms with Gasteiger partial charge in [0.25, 0.3) is 11.8 Å². The summed E-state index contributed by atoms with van der Waals surface area (Å²) < 4.78 is 10.5. The van der Waals surface area contributed by atoms with Crippen LogP contribution in [-0.2, 0) is 19.1 Å². The van der Waals surface area contributed by atoms with Crippen molar-refractivity contribution in [2.45, 2.75) is 38.1 Å². The summed E-state index contributed by atoms with van der Waals surface area (Å²) in [4.78, 5) is 30.5. The van der Waals surface area contributed by atoms with E-state index in [2.05, 4.69) is 0 Å². The Kier molecular flexibility index (Phi) is 8.17. The standard InChI is InChI=1S/C22H28Cl2N2O4/c1-29-12-10-25(11-13-30-2)20-19(17-9-8-15(23)14-18(17)24)21(27)26(22(20)28)16-6-4-3-5-7-16/h8-9,14,16H,3-7,10-13H2,1-2H3. The number of methoxy groups -OCH3 is 2. The molecule has 6 nitrogen and oxygen atoms in total. The van der Waals surface area contributed by atoms with E-state index < -0.39 is 0 Å². The van der Waals surface area contributed by atoms with Crippen LogP contribution in [0.5, 0.6) is 0 Å². The lowest BCUT2D eigenvalue weighted by Gasteiger charge is -2.31. The maximum absolute atomic E-state index is 13.6. The predicted octanol–water partition coefficient (Wildman–Crippen LogP) is 4.00. The average Bonchev–Trinajstić information content (AvgIpc) is 2.99. The van der Waals surface area contributed by atoms with Crippen molar-refractivity contribution in [1.29, 1.82) is 0 Å². The Morgan fingerprint density at radius 3 is 2.20 bits per heavy atom. The fourth-order valence-corrected chi connectivity index (χ4v) is 4.68. The third-order valence-corrected chi connectivity index (χ3v) is 6.23. The summed E-state index contributed by atoms with van der Waals surface area (Å²) in [5, 5.41) is 0.822. The molecule has 0 saturated heterocycles. The van der Waals surface area contributed by atoms with E-state index in [1.807, 2.05) is 4.90 Å². The number of rotatable bonds is 9. The first-order valence-corrected chi connectivity index (χ1v) is 11.1. The number of amides is 2. The summed E-state index contributed by atoms with van der Waals surface area (Å²) in [5.41, 5.74) is 1.22. The van der Waals surface area contributed by atoms with Crippen LogP contribution in [-0.4, -0.2) is 68.2 Å². The van der Waals surface area contributed by atoms with Crippen molar-refractivity contribution in [2.75, 3.05) is 40.5 Å². The van der Waals surface area contributed by atoms with Crippen LogP contribution in [0.2, 0.25) is 10.0 Å². The third-order valence-electron chi connectivity index (χ3n) is 5.68. The van der Waals surface area contributed by atoms with Crippen molar-refractivity contribution in [1.82, 2.24) is 9.80 Å². The number of hydrogen-bond donors (Lipinski definition) is 0. The van der Waals surface area contributed by atoms with Crippen molar-refractivity contribution >= 4 is 40.6 Å². The molecule has 0 bridgehead atoms. The van der Waals surface area contributed by atoms with Gasteiger partial charge in [-0.2, -0.15) is 0 Å². The number of carbonyl (C=O) groups is 2. The van der Waals surface area contributed by atoms with Crippen LogP contribution in [0.3, 0.4) is 0 Å². The van der Waals surface area contributed by atoms with E-state index in [0.29, 0.717) is 53.2 Å². The molecule has 3 rings (SSSR count). The van der Waals surface area contributed by atoms with Crippen molar-refractivity contribution in [2.24, 2.45) is 0 Å². The van der Waals surface area contributed by atoms with Crippen LogP contribution in [0.15, 0.2) is 23.9 Å². The molecule has 0 spiro atoms. The number of hydrogen-bond acceptors (Lipinski definition) is 5. The van der Waals surface area contributed by atoms with Gasteiger partial charge in [-0.3, -0.25) is 14.5 Å². The van der Waals surface area contributed by atoms with E-state index in [1.54, 1.807) is 32.4 Å². The molecule has 0 radical (unpaired) electrons. The van der Waals surface area contributed by atoms with E-state index in [-0.39, 0.29) is 17.9 Å². The third kappa shape index (κ3) is 4.83. The van der Waals surface area contributed by atoms with E-state index in [9.17, 15) is 9.59 Å². The van der Waals surface area contributed by atoms with E-state index in [4.69, 9.17) is 32.7 Å². The zero-order chi connectivity index (χ0) is 21.7. The van der Waals surface area contributed by atoms with Gasteiger partial charge in [-0.1, -0.05) is 48.5 Å². The Hall–Kier alpha value is -1.60. The molecule has 30 heavy (non-hydrogen) atoms. The molecular weight excluding hydrogens is 427 g/mol. The minimum absolute atomic E-state index is 0.0796. The molecule has 8 heteroatoms. The van der Waals surface area contributed by atoms with Crippen LogP contribution < -0.4 is 0 Å². The van der Waals surface area contributed by atoms with Crippen LogP contribution in [0.1, 0.15) is 37.7 Å². The van der Waals surface area contributed by atoms with Gasteiger partial charge in [0.1, 0.15) is 5.70 Å². The lowest BCUT2D eigenvalue weighted by Crippen LogP contribution is -2.44. The molecular formula is C22H28Cl2N2O4. The van der Waals surface area contributed by atoms with Gasteiger partial charge in [-0.15, -0.1) is 0 Å². The molecule has 2 aliphatic rings. The minimum atomic E-state index is -0.286. The second-order valence-corrected chi connectivity index (χ2v) is 8.44. The lowest BCUT2D eigenvalue weighted by atomic mass is 9.94. The van der Waals surface area contributed by atoms with Crippen LogP contribution in [0.4, 0.5) is 0 Å². The summed E-state index contributed by atoms with van der Waals surface area (Å²) in [7, 11) is 3.21. The van der Waals surface area contributed by atoms with Crippen LogP contribution in [0.25, 0.3) is 5.57 Å². The summed E-state index contributed by atoms with van der Waals surface area (Å²) in [6.07, 6.45) is 4.85. The van der Waals surface area contributed by atoms with E-state index in [1.165, 1.54) is 4.90 Å². The van der Waals surface area contributed by atoms with Crippen molar-refractivity contribution in [3.05, 3.63) is 39.5 Å². The minimum Gasteiger partial charge on any atom is -0.383 e. The van der Waals surface area contributed by atoms with Crippen molar-refractivity contribution < 1.29 is 19.1 Å². The Labute approximate surface area is 187 Å². The highest BCUT2D eigenvalue weighted by Gasteiger charge is 2.45. The van der Waals surface area contributed by atoms with Gasteiger partial charge in [-0.05, 0) is 25.0 Å². The van der Waals surface area contributed by atoms with Gasteiger partial charge in [0.05, 0.1) is 23.8 Å². The maximum Gasteiger partial charge on any atom is 0.278 e. The Balaban J connectivity index is 2.08. The molecule has 1 aromatic carbocycles. The summed E-state index contributed by atoms with van der Waals surface area (Å²) in [5.74, 6) is -0.550. The average molecular weight is 455 g/mol. The second-order valence-electron chi connectivity index (χ2n) is 7.59. The molecule has 0 atom stereocenters. The van der Waals surface area contributed by atoms with Gasteiger partial charge >= 0.3 is 0 Å². The Bertz CT molecular complexity index is 813. The lowest BCUT2D eigenvalue weighted by molar-refractivity contribution is -0.141. The van der Waals surface area contributed by atoms with Crippen molar-refractivity contribution in [3.8, 4) is 0 Å². The number of ether oxygens (including phenoxy) is 2. The molecule has 0 unspecified atom stereocenters. The van der Waals surface area contributed by atoms with Gasteiger partial charge in [-0.25, -0.2) is 0 Å². The Morgan fingerprint density at radius 2 is 1.63 bits per heavy atom. The van der Waals surface area contributed by atoms with Crippen LogP contribution in [0, 0.1) is 0 Å². The first-order chi connectivity index (χ1) is 14.5. The topological polar surface area (TPSA) is 59.1 Å². The van der Waals surface area contributed by atoms with Gasteiger partial charge < -0.3 is 14.4 Å². The summed E-state index contributed by atoms with van der Waals surface area (Å²) >= 11 is 12.5. The molecule has 1 aromatic rings. The molecule has 0 N–H and O–H groups in total. The van der Waals surface area contributed by atoms with Gasteiger partial charge in [0, 0.05) is 43.9 Å². The number of carbonyl (C=O) groups excluding carboxylic acids is 2. The summed E-state index contributed by atoms with van der Waals surface area (Å²) in [6, 6.07) is 4.91. The molecule has 164 valence electrons. The van der Waals surface area contributed by atoms with Gasteiger partial charge in [0.15, 0.2) is 0 Å². The second kappa shape index (κ2) is 10.6. The molecule has 0 aromatic heterocycles. The zero-order valence-corrected chi connectivity index (χ0v) is 19.0. The smallest absolute Gasteiger partial charge is 0.278 e. The highest BCUT2D eigenvalue weighted by atomic mass is 35.5. The SMILES string of the molecule is COCCN(CCOC)C1=C(c2ccc(Cl)cc2Cl)C(=O)N(C2CCCCC2)C1=O. The molecule has 2 amide bonds. The zero-order valence-electron chi connectivity index (χ0n) is 17.5. The molecule has 1 saturated carbocycles. The number of nitrogens with zero attached hydrogens (tertiary/aromatic N) is 2. The van der Waals surface area contributed by atoms with E-state index in [0.717, 1.165) is 32.1 Å². The van der Waals surface area contributed by atoms with Crippen molar-refractivity contribution in [3.63, 3.8) is 0 Å². The number of halogens is 2. The fourth-order valence-electron chi connectivity index (χ4n) is 4.17. The highest BCUT2D eigenvalue weighted by Crippen LogP contribution is 2.39. The van der Waals surface area contributed by atoms with Crippen LogP contribution >= 0.6 is 23.2 Å². The highest BCUT2D eigenvalue weighted by molar-refractivity contribution is 6.41. The first-order valence-electron chi connectivity index (χ1n) is 10.3. The summed E-state index contributed by atoms with van der Waals surface area (Å²) in [6.45, 7) is 1.75. The Morgan fingerprint density at radius 1 is 1.00 bits per heavy atom. The molecule has 1 heterocycles. The maximum atomic E-state index is 13.6. The quantitative estimate of drug-likeness (QED) is 0.527. The normalized spacial score (nSPS) is 17.9.